The molecule has 1 aromatic carbocycles. The van der Waals surface area contributed by atoms with Gasteiger partial charge in [0, 0.05) is 32.2 Å². The maximum atomic E-state index is 8.91. The first-order valence-corrected chi connectivity index (χ1v) is 7.22. The van der Waals surface area contributed by atoms with E-state index in [1.807, 2.05) is 12.1 Å². The van der Waals surface area contributed by atoms with Crippen molar-refractivity contribution in [3.05, 3.63) is 34.9 Å². The zero-order chi connectivity index (χ0) is 13.2. The van der Waals surface area contributed by atoms with Gasteiger partial charge >= 0.3 is 0 Å². The van der Waals surface area contributed by atoms with Crippen molar-refractivity contribution in [1.29, 1.82) is 5.26 Å². The summed E-state index contributed by atoms with van der Waals surface area (Å²) in [6.07, 6.45) is 2.73. The molecule has 2 heterocycles. The molecule has 0 amide bonds. The number of piperazine rings is 1. The maximum absolute atomic E-state index is 8.91. The molecule has 0 N–H and O–H groups in total. The molecular weight excluding hydrogens is 234 g/mol. The Bertz CT molecular complexity index is 503. The number of fused-ring (bicyclic) bond motifs is 1. The van der Waals surface area contributed by atoms with Crippen LogP contribution >= 0.6 is 0 Å². The Morgan fingerprint density at radius 1 is 1.32 bits per heavy atom. The fourth-order valence-electron chi connectivity index (χ4n) is 3.38. The minimum absolute atomic E-state index is 0.766. The third kappa shape index (κ3) is 2.65. The molecule has 100 valence electrons. The molecule has 1 aromatic rings. The number of nitrogens with zero attached hydrogens (tertiary/aromatic N) is 3. The first-order chi connectivity index (χ1) is 9.26. The molecular formula is C16H21N3. The predicted molar refractivity (Wildman–Crippen MR) is 75.8 cm³/mol. The van der Waals surface area contributed by atoms with Gasteiger partial charge in [-0.1, -0.05) is 6.07 Å². The van der Waals surface area contributed by atoms with Gasteiger partial charge in [0.25, 0.3) is 0 Å². The molecule has 2 aliphatic heterocycles. The third-order valence-electron chi connectivity index (χ3n) is 4.54. The Balaban J connectivity index is 1.67. The van der Waals surface area contributed by atoms with Gasteiger partial charge in [-0.15, -0.1) is 0 Å². The van der Waals surface area contributed by atoms with Gasteiger partial charge in [-0.2, -0.15) is 5.26 Å². The topological polar surface area (TPSA) is 30.3 Å². The number of nitriles is 1. The number of aryl methyl sites for hydroxylation is 1. The van der Waals surface area contributed by atoms with E-state index in [2.05, 4.69) is 28.9 Å². The molecule has 2 saturated heterocycles. The Hall–Kier alpha value is -1.37. The fourth-order valence-corrected chi connectivity index (χ4v) is 3.38. The van der Waals surface area contributed by atoms with E-state index >= 15 is 0 Å². The van der Waals surface area contributed by atoms with Crippen LogP contribution in [0.4, 0.5) is 0 Å². The molecule has 0 bridgehead atoms. The van der Waals surface area contributed by atoms with Crippen LogP contribution in [-0.4, -0.2) is 42.0 Å². The van der Waals surface area contributed by atoms with Crippen molar-refractivity contribution in [3.63, 3.8) is 0 Å². The summed E-state index contributed by atoms with van der Waals surface area (Å²) >= 11 is 0. The molecule has 0 radical (unpaired) electrons. The van der Waals surface area contributed by atoms with Crippen LogP contribution in [0.5, 0.6) is 0 Å². The molecule has 0 spiro atoms. The van der Waals surface area contributed by atoms with Gasteiger partial charge in [0.1, 0.15) is 0 Å². The average Bonchev–Trinajstić information content (AvgIpc) is 2.88. The Kier molecular flexibility index (Phi) is 3.54. The van der Waals surface area contributed by atoms with Crippen molar-refractivity contribution in [2.45, 2.75) is 32.4 Å². The van der Waals surface area contributed by atoms with Crippen molar-refractivity contribution in [3.8, 4) is 6.07 Å². The zero-order valence-corrected chi connectivity index (χ0v) is 11.6. The summed E-state index contributed by atoms with van der Waals surface area (Å²) in [5, 5.41) is 8.91. The monoisotopic (exact) mass is 255 g/mol. The van der Waals surface area contributed by atoms with E-state index in [0.717, 1.165) is 18.2 Å². The highest BCUT2D eigenvalue weighted by molar-refractivity contribution is 5.37. The second kappa shape index (κ2) is 5.32. The summed E-state index contributed by atoms with van der Waals surface area (Å²) in [7, 11) is 0. The highest BCUT2D eigenvalue weighted by Gasteiger charge is 2.30. The Morgan fingerprint density at radius 2 is 2.21 bits per heavy atom. The third-order valence-corrected chi connectivity index (χ3v) is 4.54. The van der Waals surface area contributed by atoms with Gasteiger partial charge in [0.05, 0.1) is 11.6 Å². The van der Waals surface area contributed by atoms with Crippen molar-refractivity contribution in [2.75, 3.05) is 26.2 Å². The van der Waals surface area contributed by atoms with E-state index in [-0.39, 0.29) is 0 Å². The van der Waals surface area contributed by atoms with Gasteiger partial charge in [0.2, 0.25) is 0 Å². The molecule has 2 fully saturated rings. The van der Waals surface area contributed by atoms with Crippen molar-refractivity contribution >= 4 is 0 Å². The van der Waals surface area contributed by atoms with Crippen LogP contribution in [-0.2, 0) is 6.54 Å². The molecule has 19 heavy (non-hydrogen) atoms. The highest BCUT2D eigenvalue weighted by Crippen LogP contribution is 2.23. The average molecular weight is 255 g/mol. The van der Waals surface area contributed by atoms with Crippen LogP contribution < -0.4 is 0 Å². The second-order valence-corrected chi connectivity index (χ2v) is 5.82. The number of rotatable bonds is 2. The standard InChI is InChI=1S/C16H21N3/c1-13-9-14(10-17)4-5-15(13)11-18-7-8-19-6-2-3-16(19)12-18/h4-5,9,16H,2-3,6-8,11-12H2,1H3. The van der Waals surface area contributed by atoms with Crippen LogP contribution in [0, 0.1) is 18.3 Å². The van der Waals surface area contributed by atoms with E-state index in [9.17, 15) is 0 Å². The first kappa shape index (κ1) is 12.7. The molecule has 1 atom stereocenters. The SMILES string of the molecule is Cc1cc(C#N)ccc1CN1CCN2CCCC2C1. The lowest BCUT2D eigenvalue weighted by Crippen LogP contribution is -2.49. The molecule has 0 saturated carbocycles. The predicted octanol–water partition coefficient (Wildman–Crippen LogP) is 2.15. The van der Waals surface area contributed by atoms with E-state index in [1.54, 1.807) is 0 Å². The summed E-state index contributed by atoms with van der Waals surface area (Å²) in [6, 6.07) is 9.05. The maximum Gasteiger partial charge on any atom is 0.0991 e. The number of benzene rings is 1. The van der Waals surface area contributed by atoms with Crippen LogP contribution in [0.15, 0.2) is 18.2 Å². The molecule has 1 unspecified atom stereocenters. The zero-order valence-electron chi connectivity index (χ0n) is 11.6. The van der Waals surface area contributed by atoms with Gasteiger partial charge < -0.3 is 0 Å². The largest absolute Gasteiger partial charge is 0.298 e. The lowest BCUT2D eigenvalue weighted by atomic mass is 10.0. The lowest BCUT2D eigenvalue weighted by Gasteiger charge is -2.37. The van der Waals surface area contributed by atoms with Crippen molar-refractivity contribution < 1.29 is 0 Å². The quantitative estimate of drug-likeness (QED) is 0.811. The summed E-state index contributed by atoms with van der Waals surface area (Å²) in [6.45, 7) is 8.05. The van der Waals surface area contributed by atoms with Crippen molar-refractivity contribution in [2.24, 2.45) is 0 Å². The molecule has 3 heteroatoms. The number of hydrogen-bond acceptors (Lipinski definition) is 3. The molecule has 3 rings (SSSR count). The number of hydrogen-bond donors (Lipinski definition) is 0. The van der Waals surface area contributed by atoms with Crippen molar-refractivity contribution in [1.82, 2.24) is 9.80 Å². The van der Waals surface area contributed by atoms with E-state index < -0.39 is 0 Å². The van der Waals surface area contributed by atoms with Gasteiger partial charge in [0.15, 0.2) is 0 Å². The highest BCUT2D eigenvalue weighted by atomic mass is 15.3. The summed E-state index contributed by atoms with van der Waals surface area (Å²) < 4.78 is 0. The minimum atomic E-state index is 0.766. The fraction of sp³-hybridized carbons (Fsp3) is 0.562. The van der Waals surface area contributed by atoms with Gasteiger partial charge in [-0.3, -0.25) is 9.80 Å². The Labute approximate surface area is 115 Å². The summed E-state index contributed by atoms with van der Waals surface area (Å²) in [5.74, 6) is 0. The van der Waals surface area contributed by atoms with Crippen LogP contribution in [0.25, 0.3) is 0 Å². The van der Waals surface area contributed by atoms with Gasteiger partial charge in [-0.25, -0.2) is 0 Å². The van der Waals surface area contributed by atoms with E-state index in [4.69, 9.17) is 5.26 Å². The van der Waals surface area contributed by atoms with Crippen LogP contribution in [0.3, 0.4) is 0 Å². The summed E-state index contributed by atoms with van der Waals surface area (Å²) in [5.41, 5.74) is 3.38. The molecule has 3 nitrogen and oxygen atoms in total. The first-order valence-electron chi connectivity index (χ1n) is 7.22. The molecule has 0 aromatic heterocycles. The Morgan fingerprint density at radius 3 is 3.00 bits per heavy atom. The smallest absolute Gasteiger partial charge is 0.0991 e. The minimum Gasteiger partial charge on any atom is -0.298 e. The second-order valence-electron chi connectivity index (χ2n) is 5.82. The molecule has 0 aliphatic carbocycles. The molecule has 2 aliphatic rings. The summed E-state index contributed by atoms with van der Waals surface area (Å²) in [4.78, 5) is 5.21. The van der Waals surface area contributed by atoms with E-state index in [1.165, 1.54) is 50.1 Å². The normalized spacial score (nSPS) is 24.1. The van der Waals surface area contributed by atoms with Crippen LogP contribution in [0.2, 0.25) is 0 Å². The van der Waals surface area contributed by atoms with E-state index in [0.29, 0.717) is 0 Å². The lowest BCUT2D eigenvalue weighted by molar-refractivity contribution is 0.0992. The van der Waals surface area contributed by atoms with Gasteiger partial charge in [-0.05, 0) is 49.6 Å². The van der Waals surface area contributed by atoms with Crippen LogP contribution in [0.1, 0.15) is 29.5 Å².